The molecule has 22 heavy (non-hydrogen) atoms. The number of aromatic nitrogens is 2. The largest absolute Gasteiger partial charge is 0.310 e. The average molecular weight is 324 g/mol. The van der Waals surface area contributed by atoms with Crippen molar-refractivity contribution in [3.05, 3.63) is 42.7 Å². The van der Waals surface area contributed by atoms with E-state index in [2.05, 4.69) is 15.1 Å². The van der Waals surface area contributed by atoms with Crippen molar-refractivity contribution < 1.29 is 12.8 Å². The summed E-state index contributed by atoms with van der Waals surface area (Å²) in [5.41, 5.74) is 0.779. The zero-order valence-electron chi connectivity index (χ0n) is 11.8. The molecule has 1 aliphatic rings. The van der Waals surface area contributed by atoms with Gasteiger partial charge in [-0.2, -0.15) is 5.10 Å². The Morgan fingerprint density at radius 1 is 1.36 bits per heavy atom. The van der Waals surface area contributed by atoms with E-state index in [4.69, 9.17) is 0 Å². The first kappa shape index (κ1) is 15.1. The van der Waals surface area contributed by atoms with Crippen molar-refractivity contribution in [1.82, 2.24) is 19.8 Å². The maximum absolute atomic E-state index is 13.0. The van der Waals surface area contributed by atoms with Gasteiger partial charge >= 0.3 is 0 Å². The molecule has 0 aliphatic carbocycles. The zero-order valence-corrected chi connectivity index (χ0v) is 12.6. The van der Waals surface area contributed by atoms with Crippen molar-refractivity contribution in [3.63, 3.8) is 0 Å². The molecule has 2 heterocycles. The highest BCUT2D eigenvalue weighted by molar-refractivity contribution is 7.89. The predicted molar refractivity (Wildman–Crippen MR) is 80.1 cm³/mol. The van der Waals surface area contributed by atoms with Gasteiger partial charge in [-0.15, -0.1) is 0 Å². The van der Waals surface area contributed by atoms with E-state index >= 15 is 0 Å². The third kappa shape index (κ3) is 3.34. The fraction of sp³-hybridized carbons (Fsp3) is 0.357. The molecular weight excluding hydrogens is 307 g/mol. The summed E-state index contributed by atoms with van der Waals surface area (Å²) < 4.78 is 41.6. The molecule has 3 rings (SSSR count). The highest BCUT2D eigenvalue weighted by atomic mass is 32.2. The van der Waals surface area contributed by atoms with E-state index in [1.807, 2.05) is 0 Å². The van der Waals surface area contributed by atoms with Crippen LogP contribution in [0.5, 0.6) is 0 Å². The molecule has 2 N–H and O–H groups in total. The van der Waals surface area contributed by atoms with Crippen LogP contribution >= 0.6 is 0 Å². The van der Waals surface area contributed by atoms with Crippen LogP contribution in [0.4, 0.5) is 4.39 Å². The lowest BCUT2D eigenvalue weighted by atomic mass is 10.2. The first-order chi connectivity index (χ1) is 10.5. The van der Waals surface area contributed by atoms with Crippen LogP contribution < -0.4 is 10.0 Å². The number of sulfonamides is 1. The molecule has 1 aliphatic heterocycles. The molecule has 8 heteroatoms. The van der Waals surface area contributed by atoms with E-state index in [1.54, 1.807) is 35.3 Å². The Hall–Kier alpha value is -1.77. The standard InChI is InChI=1S/C14H17FN4O2S/c15-11-8-12(16-9-11)10-18-22(20,21)14-4-2-13(3-5-14)19-7-1-6-17-19/h1-7,11-12,16,18H,8-10H2. The Labute approximate surface area is 128 Å². The molecule has 118 valence electrons. The molecule has 0 saturated carbocycles. The van der Waals surface area contributed by atoms with Crippen LogP contribution in [-0.2, 0) is 10.0 Å². The third-order valence-electron chi connectivity index (χ3n) is 3.60. The van der Waals surface area contributed by atoms with Gasteiger partial charge in [0.1, 0.15) is 6.17 Å². The first-order valence-electron chi connectivity index (χ1n) is 7.02. The van der Waals surface area contributed by atoms with Gasteiger partial charge in [0, 0.05) is 31.5 Å². The molecule has 1 fully saturated rings. The van der Waals surface area contributed by atoms with Gasteiger partial charge in [-0.3, -0.25) is 0 Å². The Morgan fingerprint density at radius 3 is 2.73 bits per heavy atom. The van der Waals surface area contributed by atoms with Crippen molar-refractivity contribution in [2.45, 2.75) is 23.5 Å². The van der Waals surface area contributed by atoms with Crippen LogP contribution in [0.25, 0.3) is 5.69 Å². The number of halogens is 1. The van der Waals surface area contributed by atoms with Crippen molar-refractivity contribution in [3.8, 4) is 5.69 Å². The number of hydrogen-bond donors (Lipinski definition) is 2. The Bertz CT molecular complexity index is 716. The van der Waals surface area contributed by atoms with Crippen LogP contribution in [0, 0.1) is 0 Å². The van der Waals surface area contributed by atoms with Crippen LogP contribution in [0.1, 0.15) is 6.42 Å². The summed E-state index contributed by atoms with van der Waals surface area (Å²) in [6.07, 6.45) is 2.86. The fourth-order valence-corrected chi connectivity index (χ4v) is 3.50. The van der Waals surface area contributed by atoms with E-state index in [0.717, 1.165) is 5.69 Å². The SMILES string of the molecule is O=S(=O)(NCC1CC(F)CN1)c1ccc(-n2cccn2)cc1. The first-order valence-corrected chi connectivity index (χ1v) is 8.50. The molecule has 1 aromatic carbocycles. The van der Waals surface area contributed by atoms with E-state index in [1.165, 1.54) is 12.1 Å². The van der Waals surface area contributed by atoms with Gasteiger partial charge in [0.2, 0.25) is 10.0 Å². The second-order valence-electron chi connectivity index (χ2n) is 5.23. The highest BCUT2D eigenvalue weighted by Gasteiger charge is 2.25. The van der Waals surface area contributed by atoms with E-state index in [9.17, 15) is 12.8 Å². The minimum absolute atomic E-state index is 0.159. The van der Waals surface area contributed by atoms with Crippen LogP contribution in [0.15, 0.2) is 47.6 Å². The lowest BCUT2D eigenvalue weighted by Gasteiger charge is -2.12. The number of rotatable bonds is 5. The number of alkyl halides is 1. The summed E-state index contributed by atoms with van der Waals surface area (Å²) in [6.45, 7) is 0.467. The monoisotopic (exact) mass is 324 g/mol. The van der Waals surface area contributed by atoms with E-state index < -0.39 is 16.2 Å². The number of nitrogens with one attached hydrogen (secondary N) is 2. The van der Waals surface area contributed by atoms with Crippen molar-refractivity contribution in [2.75, 3.05) is 13.1 Å². The van der Waals surface area contributed by atoms with Crippen molar-refractivity contribution in [1.29, 1.82) is 0 Å². The quantitative estimate of drug-likeness (QED) is 0.855. The summed E-state index contributed by atoms with van der Waals surface area (Å²) in [7, 11) is -3.59. The topological polar surface area (TPSA) is 76.0 Å². The number of benzene rings is 1. The van der Waals surface area contributed by atoms with Gasteiger partial charge < -0.3 is 5.32 Å². The van der Waals surface area contributed by atoms with Crippen molar-refractivity contribution >= 4 is 10.0 Å². The van der Waals surface area contributed by atoms with Crippen LogP contribution in [-0.4, -0.2) is 43.5 Å². The highest BCUT2D eigenvalue weighted by Crippen LogP contribution is 2.14. The molecular formula is C14H17FN4O2S. The molecule has 2 unspecified atom stereocenters. The maximum atomic E-state index is 13.0. The molecule has 2 aromatic rings. The van der Waals surface area contributed by atoms with Gasteiger partial charge in [0.25, 0.3) is 0 Å². The lowest BCUT2D eigenvalue weighted by molar-refractivity contribution is 0.355. The van der Waals surface area contributed by atoms with Gasteiger partial charge in [-0.05, 0) is 36.8 Å². The van der Waals surface area contributed by atoms with Gasteiger partial charge in [-0.1, -0.05) is 0 Å². The zero-order chi connectivity index (χ0) is 15.6. The molecule has 0 radical (unpaired) electrons. The normalized spacial score (nSPS) is 22.0. The van der Waals surface area contributed by atoms with E-state index in [-0.39, 0.29) is 24.0 Å². The molecule has 1 aromatic heterocycles. The van der Waals surface area contributed by atoms with Crippen LogP contribution in [0.3, 0.4) is 0 Å². The Morgan fingerprint density at radius 2 is 2.14 bits per heavy atom. The van der Waals surface area contributed by atoms with Gasteiger partial charge in [0.05, 0.1) is 10.6 Å². The second-order valence-corrected chi connectivity index (χ2v) is 7.00. The molecule has 0 amide bonds. The third-order valence-corrected chi connectivity index (χ3v) is 5.04. The fourth-order valence-electron chi connectivity index (χ4n) is 2.42. The summed E-state index contributed by atoms with van der Waals surface area (Å²) in [5.74, 6) is 0. The minimum Gasteiger partial charge on any atom is -0.310 e. The average Bonchev–Trinajstić information content (AvgIpc) is 3.17. The van der Waals surface area contributed by atoms with Crippen molar-refractivity contribution in [2.24, 2.45) is 0 Å². The predicted octanol–water partition coefficient (Wildman–Crippen LogP) is 0.851. The summed E-state index contributed by atoms with van der Waals surface area (Å²) in [4.78, 5) is 0.179. The molecule has 0 bridgehead atoms. The molecule has 6 nitrogen and oxygen atoms in total. The molecule has 1 saturated heterocycles. The van der Waals surface area contributed by atoms with E-state index in [0.29, 0.717) is 6.42 Å². The number of hydrogen-bond acceptors (Lipinski definition) is 4. The Kier molecular flexibility index (Phi) is 4.23. The smallest absolute Gasteiger partial charge is 0.240 e. The second kappa shape index (κ2) is 6.15. The number of nitrogens with zero attached hydrogens (tertiary/aromatic N) is 2. The lowest BCUT2D eigenvalue weighted by Crippen LogP contribution is -2.37. The van der Waals surface area contributed by atoms with Gasteiger partial charge in [0.15, 0.2) is 0 Å². The Balaban J connectivity index is 1.67. The summed E-state index contributed by atoms with van der Waals surface area (Å²) >= 11 is 0. The molecule has 2 atom stereocenters. The minimum atomic E-state index is -3.59. The maximum Gasteiger partial charge on any atom is 0.240 e. The van der Waals surface area contributed by atoms with Gasteiger partial charge in [-0.25, -0.2) is 22.2 Å². The molecule has 0 spiro atoms. The summed E-state index contributed by atoms with van der Waals surface area (Å²) in [6, 6.07) is 8.06. The summed E-state index contributed by atoms with van der Waals surface area (Å²) in [5, 5.41) is 7.03. The van der Waals surface area contributed by atoms with Crippen LogP contribution in [0.2, 0.25) is 0 Å².